The van der Waals surface area contributed by atoms with Gasteiger partial charge >= 0.3 is 0 Å². The second-order valence-electron chi connectivity index (χ2n) is 4.26. The van der Waals surface area contributed by atoms with E-state index in [1.165, 1.54) is 13.0 Å². The molecule has 0 aliphatic rings. The largest absolute Gasteiger partial charge is 0.394 e. The molecule has 106 valence electrons. The van der Waals surface area contributed by atoms with Crippen LogP contribution >= 0.6 is 0 Å². The van der Waals surface area contributed by atoms with Gasteiger partial charge in [0.25, 0.3) is 5.69 Å². The summed E-state index contributed by atoms with van der Waals surface area (Å²) in [7, 11) is 0. The van der Waals surface area contributed by atoms with Crippen molar-refractivity contribution in [3.05, 3.63) is 33.6 Å². The molecule has 0 unspecified atom stereocenters. The Balaban J connectivity index is 3.26. The highest BCUT2D eigenvalue weighted by Crippen LogP contribution is 2.29. The average Bonchev–Trinajstić information content (AvgIpc) is 2.39. The molecule has 0 amide bonds. The first kappa shape index (κ1) is 15.3. The van der Waals surface area contributed by atoms with Crippen LogP contribution in [0.5, 0.6) is 0 Å². The van der Waals surface area contributed by atoms with Gasteiger partial charge in [-0.15, -0.1) is 0 Å². The third-order valence-corrected chi connectivity index (χ3v) is 2.78. The minimum atomic E-state index is -1.52. The zero-order valence-corrected chi connectivity index (χ0v) is 10.3. The molecule has 0 aliphatic heterocycles. The van der Waals surface area contributed by atoms with Crippen LogP contribution < -0.4 is 5.32 Å². The van der Waals surface area contributed by atoms with Gasteiger partial charge in [-0.1, -0.05) is 0 Å². The van der Waals surface area contributed by atoms with E-state index >= 15 is 0 Å². The van der Waals surface area contributed by atoms with Crippen LogP contribution in [0.1, 0.15) is 5.56 Å². The molecule has 0 aliphatic carbocycles. The van der Waals surface area contributed by atoms with Crippen molar-refractivity contribution in [2.45, 2.75) is 12.5 Å². The Labute approximate surface area is 108 Å². The minimum absolute atomic E-state index is 0.0824. The Morgan fingerprint density at radius 3 is 2.26 bits per heavy atom. The van der Waals surface area contributed by atoms with Crippen molar-refractivity contribution in [2.75, 3.05) is 25.1 Å². The number of benzene rings is 1. The molecule has 1 rings (SSSR count). The van der Waals surface area contributed by atoms with E-state index in [4.69, 9.17) is 15.3 Å². The van der Waals surface area contributed by atoms with Crippen LogP contribution in [0, 0.1) is 22.9 Å². The standard InChI is InChI=1S/C11H15FN2O5/c1-7-2-9(10(14(18)19)3-8(7)12)13-11(4-15,5-16)6-17/h2-3,13,15-17H,4-6H2,1H3. The quantitative estimate of drug-likeness (QED) is 0.434. The van der Waals surface area contributed by atoms with Gasteiger partial charge in [-0.3, -0.25) is 10.1 Å². The molecule has 0 radical (unpaired) electrons. The lowest BCUT2D eigenvalue weighted by atomic mass is 10.0. The normalized spacial score (nSPS) is 11.4. The fourth-order valence-electron chi connectivity index (χ4n) is 1.48. The maximum Gasteiger partial charge on any atom is 0.295 e. The Morgan fingerprint density at radius 1 is 1.32 bits per heavy atom. The van der Waals surface area contributed by atoms with E-state index in [0.29, 0.717) is 0 Å². The Morgan fingerprint density at radius 2 is 1.84 bits per heavy atom. The van der Waals surface area contributed by atoms with E-state index in [1.807, 2.05) is 0 Å². The molecule has 7 nitrogen and oxygen atoms in total. The van der Waals surface area contributed by atoms with Gasteiger partial charge in [0.2, 0.25) is 0 Å². The third kappa shape index (κ3) is 3.16. The van der Waals surface area contributed by atoms with Crippen molar-refractivity contribution in [1.82, 2.24) is 0 Å². The van der Waals surface area contributed by atoms with Gasteiger partial charge in [0.05, 0.1) is 30.8 Å². The maximum absolute atomic E-state index is 13.3. The number of halogens is 1. The highest BCUT2D eigenvalue weighted by atomic mass is 19.1. The van der Waals surface area contributed by atoms with Gasteiger partial charge in [0, 0.05) is 0 Å². The van der Waals surface area contributed by atoms with E-state index in [2.05, 4.69) is 5.32 Å². The molecule has 1 aromatic carbocycles. The zero-order chi connectivity index (χ0) is 14.6. The Kier molecular flexibility index (Phi) is 4.76. The fraction of sp³-hybridized carbons (Fsp3) is 0.455. The average molecular weight is 274 g/mol. The van der Waals surface area contributed by atoms with E-state index in [-0.39, 0.29) is 11.3 Å². The number of rotatable bonds is 6. The van der Waals surface area contributed by atoms with Crippen molar-refractivity contribution >= 4 is 11.4 Å². The zero-order valence-electron chi connectivity index (χ0n) is 10.3. The van der Waals surface area contributed by atoms with Crippen LogP contribution in [0.3, 0.4) is 0 Å². The Bertz CT molecular complexity index is 468. The monoisotopic (exact) mass is 274 g/mol. The summed E-state index contributed by atoms with van der Waals surface area (Å²) in [5.41, 5.74) is -1.98. The highest BCUT2D eigenvalue weighted by molar-refractivity contribution is 5.64. The molecule has 0 heterocycles. The molecule has 19 heavy (non-hydrogen) atoms. The molecule has 1 aromatic rings. The van der Waals surface area contributed by atoms with Crippen molar-refractivity contribution in [3.8, 4) is 0 Å². The third-order valence-electron chi connectivity index (χ3n) is 2.78. The van der Waals surface area contributed by atoms with E-state index in [1.54, 1.807) is 0 Å². The number of anilines is 1. The number of aryl methyl sites for hydroxylation is 1. The molecule has 0 bridgehead atoms. The van der Waals surface area contributed by atoms with E-state index < -0.39 is 41.8 Å². The maximum atomic E-state index is 13.3. The van der Waals surface area contributed by atoms with Crippen molar-refractivity contribution in [1.29, 1.82) is 0 Å². The highest BCUT2D eigenvalue weighted by Gasteiger charge is 2.31. The number of nitro groups is 1. The van der Waals surface area contributed by atoms with Gasteiger partial charge in [-0.05, 0) is 18.6 Å². The molecule has 4 N–H and O–H groups in total. The van der Waals surface area contributed by atoms with Crippen LogP contribution in [0.15, 0.2) is 12.1 Å². The summed E-state index contributed by atoms with van der Waals surface area (Å²) in [6.07, 6.45) is 0. The summed E-state index contributed by atoms with van der Waals surface area (Å²) >= 11 is 0. The molecular formula is C11H15FN2O5. The lowest BCUT2D eigenvalue weighted by molar-refractivity contribution is -0.384. The predicted molar refractivity (Wildman–Crippen MR) is 65.4 cm³/mol. The number of hydrogen-bond donors (Lipinski definition) is 4. The minimum Gasteiger partial charge on any atom is -0.394 e. The SMILES string of the molecule is Cc1cc(NC(CO)(CO)CO)c([N+](=O)[O-])cc1F. The molecule has 0 aromatic heterocycles. The number of aliphatic hydroxyl groups is 3. The molecule has 0 saturated heterocycles. The van der Waals surface area contributed by atoms with Gasteiger partial charge in [-0.25, -0.2) is 4.39 Å². The van der Waals surface area contributed by atoms with Crippen LogP contribution in [-0.2, 0) is 0 Å². The number of aliphatic hydroxyl groups excluding tert-OH is 3. The first-order chi connectivity index (χ1) is 8.89. The van der Waals surface area contributed by atoms with Crippen molar-refractivity contribution in [2.24, 2.45) is 0 Å². The topological polar surface area (TPSA) is 116 Å². The molecule has 0 spiro atoms. The first-order valence-electron chi connectivity index (χ1n) is 5.44. The number of nitrogens with one attached hydrogen (secondary N) is 1. The van der Waals surface area contributed by atoms with Gasteiger partial charge < -0.3 is 20.6 Å². The molecular weight excluding hydrogens is 259 g/mol. The summed E-state index contributed by atoms with van der Waals surface area (Å²) < 4.78 is 13.3. The summed E-state index contributed by atoms with van der Waals surface area (Å²) in [4.78, 5) is 10.1. The van der Waals surface area contributed by atoms with Crippen molar-refractivity contribution < 1.29 is 24.6 Å². The van der Waals surface area contributed by atoms with Gasteiger partial charge in [0.1, 0.15) is 17.0 Å². The van der Waals surface area contributed by atoms with Gasteiger partial charge in [0.15, 0.2) is 0 Å². The lowest BCUT2D eigenvalue weighted by Crippen LogP contribution is -2.49. The predicted octanol–water partition coefficient (Wildman–Crippen LogP) is 0.170. The Hall–Kier alpha value is -1.77. The molecule has 0 saturated carbocycles. The molecule has 0 atom stereocenters. The summed E-state index contributed by atoms with van der Waals surface area (Å²) in [5.74, 6) is -0.736. The second-order valence-corrected chi connectivity index (χ2v) is 4.26. The fourth-order valence-corrected chi connectivity index (χ4v) is 1.48. The van der Waals surface area contributed by atoms with Crippen molar-refractivity contribution in [3.63, 3.8) is 0 Å². The first-order valence-corrected chi connectivity index (χ1v) is 5.44. The lowest BCUT2D eigenvalue weighted by Gasteiger charge is -2.29. The number of hydrogen-bond acceptors (Lipinski definition) is 6. The summed E-state index contributed by atoms with van der Waals surface area (Å²) in [6, 6.07) is 1.93. The van der Waals surface area contributed by atoms with Crippen LogP contribution in [0.2, 0.25) is 0 Å². The number of nitro benzene ring substituents is 1. The van der Waals surface area contributed by atoms with E-state index in [0.717, 1.165) is 6.07 Å². The summed E-state index contributed by atoms with van der Waals surface area (Å²) in [5, 5.41) is 40.8. The molecule has 8 heteroatoms. The molecule has 0 fully saturated rings. The van der Waals surface area contributed by atoms with Crippen LogP contribution in [0.4, 0.5) is 15.8 Å². The van der Waals surface area contributed by atoms with E-state index in [9.17, 15) is 14.5 Å². The second kappa shape index (κ2) is 5.91. The van der Waals surface area contributed by atoms with Crippen LogP contribution in [0.25, 0.3) is 0 Å². The van der Waals surface area contributed by atoms with Gasteiger partial charge in [-0.2, -0.15) is 0 Å². The number of nitrogens with zero attached hydrogens (tertiary/aromatic N) is 1. The smallest absolute Gasteiger partial charge is 0.295 e. The van der Waals surface area contributed by atoms with Crippen LogP contribution in [-0.4, -0.2) is 45.6 Å². The summed E-state index contributed by atoms with van der Waals surface area (Å²) in [6.45, 7) is -0.516.